The monoisotopic (exact) mass is 241 g/mol. The van der Waals surface area contributed by atoms with Gasteiger partial charge in [0, 0.05) is 29.7 Å². The first-order valence-corrected chi connectivity index (χ1v) is 5.50. The molecule has 0 aliphatic heterocycles. The third-order valence-electron chi connectivity index (χ3n) is 2.61. The number of fused-ring (bicyclic) bond motifs is 1. The van der Waals surface area contributed by atoms with E-state index < -0.39 is 0 Å². The standard InChI is InChI=1S/C13H11N3S/c1-16-8-10(6-9(7-14)13(15)17)11-4-2-3-5-12(11)16/h2-6,8H,1H3,(H2,15,17)/b9-6+. The van der Waals surface area contributed by atoms with Crippen molar-refractivity contribution in [2.45, 2.75) is 0 Å². The van der Waals surface area contributed by atoms with Crippen LogP contribution in [0.15, 0.2) is 36.0 Å². The number of nitrogens with two attached hydrogens (primary N) is 1. The van der Waals surface area contributed by atoms with Crippen molar-refractivity contribution in [2.24, 2.45) is 12.8 Å². The minimum atomic E-state index is 0.125. The predicted octanol–water partition coefficient (Wildman–Crippen LogP) is 2.37. The van der Waals surface area contributed by atoms with Crippen LogP contribution in [0.5, 0.6) is 0 Å². The molecule has 0 radical (unpaired) electrons. The number of aryl methyl sites for hydroxylation is 1. The summed E-state index contributed by atoms with van der Waals surface area (Å²) in [6, 6.07) is 9.99. The zero-order valence-corrected chi connectivity index (χ0v) is 10.2. The molecule has 0 spiro atoms. The smallest absolute Gasteiger partial charge is 0.114 e. The minimum absolute atomic E-state index is 0.125. The van der Waals surface area contributed by atoms with E-state index in [1.165, 1.54) is 0 Å². The lowest BCUT2D eigenvalue weighted by atomic mass is 10.1. The summed E-state index contributed by atoms with van der Waals surface area (Å²) in [6.45, 7) is 0. The SMILES string of the molecule is Cn1cc(/C=C(\C#N)C(N)=S)c2ccccc21. The Bertz CT molecular complexity index is 659. The molecule has 2 N–H and O–H groups in total. The molecule has 4 heteroatoms. The maximum absolute atomic E-state index is 8.94. The number of hydrogen-bond acceptors (Lipinski definition) is 2. The van der Waals surface area contributed by atoms with Gasteiger partial charge in [0.1, 0.15) is 11.1 Å². The largest absolute Gasteiger partial charge is 0.389 e. The zero-order chi connectivity index (χ0) is 12.4. The fraction of sp³-hybridized carbons (Fsp3) is 0.0769. The van der Waals surface area contributed by atoms with E-state index in [9.17, 15) is 0 Å². The molecule has 1 heterocycles. The lowest BCUT2D eigenvalue weighted by Gasteiger charge is -1.94. The Morgan fingerprint density at radius 1 is 1.47 bits per heavy atom. The van der Waals surface area contributed by atoms with Crippen LogP contribution in [-0.4, -0.2) is 9.56 Å². The third-order valence-corrected chi connectivity index (χ3v) is 2.83. The summed E-state index contributed by atoms with van der Waals surface area (Å²) in [5.41, 5.74) is 7.87. The van der Waals surface area contributed by atoms with Gasteiger partial charge in [-0.2, -0.15) is 5.26 Å². The van der Waals surface area contributed by atoms with E-state index in [1.807, 2.05) is 48.1 Å². The van der Waals surface area contributed by atoms with Crippen molar-refractivity contribution < 1.29 is 0 Å². The van der Waals surface area contributed by atoms with Gasteiger partial charge < -0.3 is 10.3 Å². The number of para-hydroxylation sites is 1. The van der Waals surface area contributed by atoms with E-state index >= 15 is 0 Å². The van der Waals surface area contributed by atoms with Crippen LogP contribution in [0.25, 0.3) is 17.0 Å². The van der Waals surface area contributed by atoms with Gasteiger partial charge in [-0.1, -0.05) is 30.4 Å². The van der Waals surface area contributed by atoms with Crippen LogP contribution in [0.1, 0.15) is 5.56 Å². The Morgan fingerprint density at radius 3 is 2.82 bits per heavy atom. The summed E-state index contributed by atoms with van der Waals surface area (Å²) in [5.74, 6) is 0. The summed E-state index contributed by atoms with van der Waals surface area (Å²) in [5, 5.41) is 10.0. The molecule has 0 atom stereocenters. The molecule has 1 aromatic carbocycles. The van der Waals surface area contributed by atoms with Crippen molar-refractivity contribution in [3.05, 3.63) is 41.6 Å². The maximum Gasteiger partial charge on any atom is 0.114 e. The second kappa shape index (κ2) is 4.40. The van der Waals surface area contributed by atoms with E-state index in [2.05, 4.69) is 0 Å². The van der Waals surface area contributed by atoms with Crippen LogP contribution in [0.2, 0.25) is 0 Å². The molecule has 0 aliphatic carbocycles. The summed E-state index contributed by atoms with van der Waals surface area (Å²) < 4.78 is 2.01. The van der Waals surface area contributed by atoms with E-state index in [0.29, 0.717) is 5.57 Å². The highest BCUT2D eigenvalue weighted by Crippen LogP contribution is 2.22. The lowest BCUT2D eigenvalue weighted by molar-refractivity contribution is 0.968. The van der Waals surface area contributed by atoms with Gasteiger partial charge >= 0.3 is 0 Å². The first kappa shape index (κ1) is 11.4. The molecular weight excluding hydrogens is 230 g/mol. The first-order chi connectivity index (χ1) is 8.13. The Hall–Kier alpha value is -2.12. The molecule has 0 fully saturated rings. The van der Waals surface area contributed by atoms with Gasteiger partial charge in [0.25, 0.3) is 0 Å². The zero-order valence-electron chi connectivity index (χ0n) is 9.34. The molecule has 17 heavy (non-hydrogen) atoms. The summed E-state index contributed by atoms with van der Waals surface area (Å²) in [6.07, 6.45) is 3.69. The van der Waals surface area contributed by atoms with Crippen molar-refractivity contribution in [2.75, 3.05) is 0 Å². The quantitative estimate of drug-likeness (QED) is 0.499. The number of benzene rings is 1. The van der Waals surface area contributed by atoms with E-state index in [4.69, 9.17) is 23.2 Å². The molecule has 2 rings (SSSR count). The van der Waals surface area contributed by atoms with Crippen LogP contribution in [0.3, 0.4) is 0 Å². The molecule has 0 aliphatic rings. The normalized spacial score (nSPS) is 11.4. The van der Waals surface area contributed by atoms with E-state index in [-0.39, 0.29) is 4.99 Å². The van der Waals surface area contributed by atoms with Crippen molar-refractivity contribution in [3.63, 3.8) is 0 Å². The predicted molar refractivity (Wildman–Crippen MR) is 73.3 cm³/mol. The number of thiocarbonyl (C=S) groups is 1. The van der Waals surface area contributed by atoms with Gasteiger partial charge in [0.05, 0.1) is 5.57 Å². The van der Waals surface area contributed by atoms with Crippen molar-refractivity contribution in [1.29, 1.82) is 5.26 Å². The number of hydrogen-bond donors (Lipinski definition) is 1. The van der Waals surface area contributed by atoms with Crippen LogP contribution in [0.4, 0.5) is 0 Å². The van der Waals surface area contributed by atoms with Gasteiger partial charge in [0.15, 0.2) is 0 Å². The molecule has 2 aromatic rings. The van der Waals surface area contributed by atoms with Gasteiger partial charge in [-0.05, 0) is 12.1 Å². The number of rotatable bonds is 2. The molecule has 0 unspecified atom stereocenters. The molecule has 84 valence electrons. The van der Waals surface area contributed by atoms with Crippen molar-refractivity contribution in [3.8, 4) is 6.07 Å². The van der Waals surface area contributed by atoms with Crippen LogP contribution in [-0.2, 0) is 7.05 Å². The van der Waals surface area contributed by atoms with Crippen LogP contribution >= 0.6 is 12.2 Å². The van der Waals surface area contributed by atoms with Crippen molar-refractivity contribution >= 4 is 34.2 Å². The first-order valence-electron chi connectivity index (χ1n) is 5.09. The van der Waals surface area contributed by atoms with Crippen LogP contribution < -0.4 is 5.73 Å². The summed E-state index contributed by atoms with van der Waals surface area (Å²) in [7, 11) is 1.96. The second-order valence-corrected chi connectivity index (χ2v) is 4.19. The average Bonchev–Trinajstić information content (AvgIpc) is 2.63. The Labute approximate surface area is 105 Å². The highest BCUT2D eigenvalue weighted by Gasteiger charge is 2.06. The third kappa shape index (κ3) is 2.05. The topological polar surface area (TPSA) is 54.7 Å². The molecule has 1 aromatic heterocycles. The van der Waals surface area contributed by atoms with Crippen molar-refractivity contribution in [1.82, 2.24) is 4.57 Å². The molecule has 3 nitrogen and oxygen atoms in total. The van der Waals surface area contributed by atoms with Gasteiger partial charge in [0.2, 0.25) is 0 Å². The highest BCUT2D eigenvalue weighted by atomic mass is 32.1. The molecule has 0 amide bonds. The fourth-order valence-corrected chi connectivity index (χ4v) is 1.91. The number of nitrogens with zero attached hydrogens (tertiary/aromatic N) is 2. The van der Waals surface area contributed by atoms with E-state index in [1.54, 1.807) is 6.08 Å². The molecule has 0 bridgehead atoms. The lowest BCUT2D eigenvalue weighted by Crippen LogP contribution is -2.09. The average molecular weight is 241 g/mol. The maximum atomic E-state index is 8.94. The molecular formula is C13H11N3S. The van der Waals surface area contributed by atoms with Gasteiger partial charge in [-0.3, -0.25) is 0 Å². The van der Waals surface area contributed by atoms with Gasteiger partial charge in [-0.25, -0.2) is 0 Å². The summed E-state index contributed by atoms with van der Waals surface area (Å²) >= 11 is 4.82. The van der Waals surface area contributed by atoms with Gasteiger partial charge in [-0.15, -0.1) is 0 Å². The second-order valence-electron chi connectivity index (χ2n) is 3.75. The number of nitriles is 1. The minimum Gasteiger partial charge on any atom is -0.389 e. The highest BCUT2D eigenvalue weighted by molar-refractivity contribution is 7.80. The summed E-state index contributed by atoms with van der Waals surface area (Å²) in [4.78, 5) is 0.125. The fourth-order valence-electron chi connectivity index (χ4n) is 1.80. The Morgan fingerprint density at radius 2 is 2.18 bits per heavy atom. The Kier molecular flexibility index (Phi) is 2.94. The van der Waals surface area contributed by atoms with E-state index in [0.717, 1.165) is 16.5 Å². The molecule has 0 saturated heterocycles. The molecule has 0 saturated carbocycles. The van der Waals surface area contributed by atoms with Crippen LogP contribution in [0, 0.1) is 11.3 Å². The number of aromatic nitrogens is 1. The Balaban J connectivity index is 2.65.